The molecule has 1 aromatic rings. The van der Waals surface area contributed by atoms with Gasteiger partial charge in [-0.3, -0.25) is 9.69 Å². The van der Waals surface area contributed by atoms with Crippen molar-refractivity contribution in [1.29, 1.82) is 0 Å². The Morgan fingerprint density at radius 1 is 1.33 bits per heavy atom. The van der Waals surface area contributed by atoms with Crippen molar-refractivity contribution in [3.63, 3.8) is 0 Å². The quantitative estimate of drug-likeness (QED) is 0.820. The molecule has 4 rings (SSSR count). The molecule has 6 heteroatoms. The molecule has 3 aliphatic rings. The SMILES string of the molecule is O=C(CO[C@H]1CO[C@@]2(CCN(Cc3ccco3)C2)C1)N1CCCC1. The molecule has 0 radical (unpaired) electrons. The van der Waals surface area contributed by atoms with E-state index in [-0.39, 0.29) is 24.2 Å². The summed E-state index contributed by atoms with van der Waals surface area (Å²) in [5, 5.41) is 0. The zero-order chi connectivity index (χ0) is 16.4. The zero-order valence-corrected chi connectivity index (χ0v) is 14.1. The lowest BCUT2D eigenvalue weighted by Crippen LogP contribution is -2.34. The predicted octanol–water partition coefficient (Wildman–Crippen LogP) is 1.65. The van der Waals surface area contributed by atoms with E-state index in [9.17, 15) is 4.79 Å². The van der Waals surface area contributed by atoms with Gasteiger partial charge in [0.2, 0.25) is 5.91 Å². The molecular formula is C18H26N2O4. The Morgan fingerprint density at radius 3 is 3.00 bits per heavy atom. The summed E-state index contributed by atoms with van der Waals surface area (Å²) in [6.45, 7) is 5.32. The summed E-state index contributed by atoms with van der Waals surface area (Å²) in [6, 6.07) is 3.94. The Kier molecular flexibility index (Phi) is 4.61. The van der Waals surface area contributed by atoms with Gasteiger partial charge in [0, 0.05) is 32.6 Å². The molecule has 3 fully saturated rings. The standard InChI is InChI=1S/C18H26N2O4/c21-17(20-6-1-2-7-20)13-23-16-10-18(24-12-16)5-8-19(14-18)11-15-4-3-9-22-15/h3-4,9,16H,1-2,5-8,10-14H2/t16-,18+/m1/s1. The van der Waals surface area contributed by atoms with Gasteiger partial charge in [0.25, 0.3) is 0 Å². The Bertz CT molecular complexity index is 555. The van der Waals surface area contributed by atoms with Gasteiger partial charge in [-0.2, -0.15) is 0 Å². The van der Waals surface area contributed by atoms with Crippen LogP contribution in [0.5, 0.6) is 0 Å². The number of nitrogens with zero attached hydrogens (tertiary/aromatic N) is 2. The van der Waals surface area contributed by atoms with Crippen molar-refractivity contribution in [2.45, 2.75) is 43.9 Å². The number of hydrogen-bond donors (Lipinski definition) is 0. The second-order valence-electron chi connectivity index (χ2n) is 7.26. The van der Waals surface area contributed by atoms with Crippen LogP contribution in [0.2, 0.25) is 0 Å². The molecule has 0 aromatic carbocycles. The monoisotopic (exact) mass is 334 g/mol. The lowest BCUT2D eigenvalue weighted by Gasteiger charge is -2.23. The van der Waals surface area contributed by atoms with Crippen LogP contribution >= 0.6 is 0 Å². The van der Waals surface area contributed by atoms with Gasteiger partial charge in [0.15, 0.2) is 0 Å². The molecule has 132 valence electrons. The Morgan fingerprint density at radius 2 is 2.21 bits per heavy atom. The van der Waals surface area contributed by atoms with Crippen LogP contribution in [0, 0.1) is 0 Å². The molecule has 6 nitrogen and oxygen atoms in total. The summed E-state index contributed by atoms with van der Waals surface area (Å²) < 4.78 is 17.4. The van der Waals surface area contributed by atoms with E-state index in [1.165, 1.54) is 0 Å². The first-order valence-electron chi connectivity index (χ1n) is 9.01. The molecule has 0 saturated carbocycles. The first-order chi connectivity index (χ1) is 11.7. The maximum atomic E-state index is 12.1. The first-order valence-corrected chi connectivity index (χ1v) is 9.01. The fourth-order valence-corrected chi connectivity index (χ4v) is 4.13. The molecule has 4 heterocycles. The molecule has 0 bridgehead atoms. The van der Waals surface area contributed by atoms with E-state index in [4.69, 9.17) is 13.9 Å². The average molecular weight is 334 g/mol. The molecular weight excluding hydrogens is 308 g/mol. The van der Waals surface area contributed by atoms with Gasteiger partial charge in [-0.1, -0.05) is 0 Å². The van der Waals surface area contributed by atoms with Crippen LogP contribution in [0.1, 0.15) is 31.4 Å². The third-order valence-electron chi connectivity index (χ3n) is 5.43. The average Bonchev–Trinajstić information content (AvgIpc) is 3.35. The van der Waals surface area contributed by atoms with E-state index in [1.54, 1.807) is 6.26 Å². The fraction of sp³-hybridized carbons (Fsp3) is 0.722. The molecule has 3 aliphatic heterocycles. The third kappa shape index (κ3) is 3.50. The van der Waals surface area contributed by atoms with Crippen molar-refractivity contribution in [2.24, 2.45) is 0 Å². The van der Waals surface area contributed by atoms with Gasteiger partial charge < -0.3 is 18.8 Å². The normalized spacial score (nSPS) is 30.7. The summed E-state index contributed by atoms with van der Waals surface area (Å²) >= 11 is 0. The van der Waals surface area contributed by atoms with Crippen molar-refractivity contribution < 1.29 is 18.7 Å². The van der Waals surface area contributed by atoms with Crippen molar-refractivity contribution in [1.82, 2.24) is 9.80 Å². The molecule has 1 amide bonds. The van der Waals surface area contributed by atoms with Crippen molar-refractivity contribution in [3.05, 3.63) is 24.2 Å². The minimum atomic E-state index is -0.103. The zero-order valence-electron chi connectivity index (χ0n) is 14.1. The number of ether oxygens (including phenoxy) is 2. The van der Waals surface area contributed by atoms with Crippen LogP contribution < -0.4 is 0 Å². The summed E-state index contributed by atoms with van der Waals surface area (Å²) in [7, 11) is 0. The highest BCUT2D eigenvalue weighted by molar-refractivity contribution is 5.77. The van der Waals surface area contributed by atoms with E-state index in [0.717, 1.165) is 64.2 Å². The van der Waals surface area contributed by atoms with E-state index in [2.05, 4.69) is 4.90 Å². The van der Waals surface area contributed by atoms with Crippen LogP contribution in [0.25, 0.3) is 0 Å². The molecule has 3 saturated heterocycles. The molecule has 2 atom stereocenters. The highest BCUT2D eigenvalue weighted by atomic mass is 16.6. The van der Waals surface area contributed by atoms with Gasteiger partial charge in [-0.05, 0) is 31.4 Å². The second kappa shape index (κ2) is 6.86. The Balaban J connectivity index is 1.23. The highest BCUT2D eigenvalue weighted by Crippen LogP contribution is 2.36. The predicted molar refractivity (Wildman–Crippen MR) is 87.5 cm³/mol. The van der Waals surface area contributed by atoms with Gasteiger partial charge >= 0.3 is 0 Å². The lowest BCUT2D eigenvalue weighted by atomic mass is 9.98. The number of furan rings is 1. The van der Waals surface area contributed by atoms with Crippen molar-refractivity contribution in [3.8, 4) is 0 Å². The first kappa shape index (κ1) is 16.1. The fourth-order valence-electron chi connectivity index (χ4n) is 4.13. The maximum absolute atomic E-state index is 12.1. The number of hydrogen-bond acceptors (Lipinski definition) is 5. The summed E-state index contributed by atoms with van der Waals surface area (Å²) in [4.78, 5) is 16.4. The highest BCUT2D eigenvalue weighted by Gasteiger charge is 2.46. The molecule has 0 N–H and O–H groups in total. The minimum Gasteiger partial charge on any atom is -0.468 e. The molecule has 1 spiro atoms. The Hall–Kier alpha value is -1.37. The van der Waals surface area contributed by atoms with Crippen LogP contribution in [0.3, 0.4) is 0 Å². The smallest absolute Gasteiger partial charge is 0.248 e. The maximum Gasteiger partial charge on any atom is 0.248 e. The number of carbonyl (C=O) groups excluding carboxylic acids is 1. The van der Waals surface area contributed by atoms with Crippen LogP contribution in [0.15, 0.2) is 22.8 Å². The minimum absolute atomic E-state index is 0.0418. The lowest BCUT2D eigenvalue weighted by molar-refractivity contribution is -0.137. The number of rotatable bonds is 5. The van der Waals surface area contributed by atoms with Crippen LogP contribution in [0.4, 0.5) is 0 Å². The van der Waals surface area contributed by atoms with Crippen molar-refractivity contribution >= 4 is 5.91 Å². The van der Waals surface area contributed by atoms with E-state index in [0.29, 0.717) is 6.61 Å². The van der Waals surface area contributed by atoms with Gasteiger partial charge in [-0.25, -0.2) is 0 Å². The summed E-state index contributed by atoms with van der Waals surface area (Å²) in [5.74, 6) is 1.12. The van der Waals surface area contributed by atoms with Gasteiger partial charge in [0.05, 0.1) is 31.1 Å². The van der Waals surface area contributed by atoms with Gasteiger partial charge in [0.1, 0.15) is 12.4 Å². The number of likely N-dealkylation sites (tertiary alicyclic amines) is 2. The van der Waals surface area contributed by atoms with Gasteiger partial charge in [-0.15, -0.1) is 0 Å². The second-order valence-corrected chi connectivity index (χ2v) is 7.26. The number of amides is 1. The van der Waals surface area contributed by atoms with E-state index < -0.39 is 0 Å². The van der Waals surface area contributed by atoms with E-state index in [1.807, 2.05) is 17.0 Å². The van der Waals surface area contributed by atoms with Crippen molar-refractivity contribution in [2.75, 3.05) is 39.4 Å². The molecule has 1 aromatic heterocycles. The third-order valence-corrected chi connectivity index (χ3v) is 5.43. The van der Waals surface area contributed by atoms with E-state index >= 15 is 0 Å². The molecule has 0 aliphatic carbocycles. The van der Waals surface area contributed by atoms with Crippen LogP contribution in [-0.2, 0) is 20.8 Å². The van der Waals surface area contributed by atoms with Crippen LogP contribution in [-0.4, -0.2) is 66.8 Å². The summed E-state index contributed by atoms with van der Waals surface area (Å²) in [6.07, 6.45) is 5.90. The number of carbonyl (C=O) groups is 1. The topological polar surface area (TPSA) is 55.2 Å². The summed E-state index contributed by atoms with van der Waals surface area (Å²) in [5.41, 5.74) is -0.103. The largest absolute Gasteiger partial charge is 0.468 e. The molecule has 24 heavy (non-hydrogen) atoms. The Labute approximate surface area is 142 Å². The molecule has 0 unspecified atom stereocenters.